The van der Waals surface area contributed by atoms with Gasteiger partial charge in [-0.3, -0.25) is 4.31 Å². The summed E-state index contributed by atoms with van der Waals surface area (Å²) in [6.45, 7) is 4.60. The van der Waals surface area contributed by atoms with Crippen molar-refractivity contribution in [1.29, 1.82) is 0 Å². The van der Waals surface area contributed by atoms with Crippen LogP contribution >= 0.6 is 0 Å². The molecular formula is C20H21NO3S. The van der Waals surface area contributed by atoms with E-state index in [0.717, 1.165) is 10.8 Å². The third-order valence-corrected chi connectivity index (χ3v) is 5.91. The van der Waals surface area contributed by atoms with Crippen molar-refractivity contribution >= 4 is 26.5 Å². The third-order valence-electron chi connectivity index (χ3n) is 4.01. The molecule has 0 bridgehead atoms. The minimum atomic E-state index is -3.65. The Hall–Kier alpha value is -2.53. The van der Waals surface area contributed by atoms with Crippen molar-refractivity contribution in [2.24, 2.45) is 0 Å². The fraction of sp³-hybridized carbons (Fsp3) is 0.200. The molecule has 25 heavy (non-hydrogen) atoms. The largest absolute Gasteiger partial charge is 0.494 e. The molecule has 0 aliphatic rings. The molecule has 3 rings (SSSR count). The van der Waals surface area contributed by atoms with E-state index in [2.05, 4.69) is 0 Å². The highest BCUT2D eigenvalue weighted by Gasteiger charge is 2.24. The second kappa shape index (κ2) is 7.15. The van der Waals surface area contributed by atoms with Crippen molar-refractivity contribution in [2.45, 2.75) is 18.7 Å². The molecule has 0 spiro atoms. The van der Waals surface area contributed by atoms with E-state index in [-0.39, 0.29) is 4.90 Å². The number of ether oxygens (including phenoxy) is 1. The summed E-state index contributed by atoms with van der Waals surface area (Å²) in [5, 5.41) is 1.92. The molecule has 4 nitrogen and oxygen atoms in total. The van der Waals surface area contributed by atoms with E-state index in [4.69, 9.17) is 4.74 Å². The Morgan fingerprint density at radius 2 is 1.64 bits per heavy atom. The molecule has 0 fully saturated rings. The lowest BCUT2D eigenvalue weighted by atomic mass is 10.1. The lowest BCUT2D eigenvalue weighted by molar-refractivity contribution is 0.340. The maximum atomic E-state index is 13.2. The standard InChI is InChI=1S/C20H21NO3S/c1-3-21(18-10-7-11-19(15-18)24-4-2)25(22,23)20-13-12-16-8-5-6-9-17(16)14-20/h5-15H,3-4H2,1-2H3. The molecule has 0 saturated carbocycles. The van der Waals surface area contributed by atoms with Crippen molar-refractivity contribution < 1.29 is 13.2 Å². The second-order valence-corrected chi connectivity index (χ2v) is 7.47. The zero-order valence-corrected chi connectivity index (χ0v) is 15.2. The average Bonchev–Trinajstić information content (AvgIpc) is 2.62. The summed E-state index contributed by atoms with van der Waals surface area (Å²) in [6, 6.07) is 20.1. The van der Waals surface area contributed by atoms with Crippen LogP contribution in [-0.2, 0) is 10.0 Å². The smallest absolute Gasteiger partial charge is 0.264 e. The van der Waals surface area contributed by atoms with Crippen LogP contribution in [0.5, 0.6) is 5.75 Å². The topological polar surface area (TPSA) is 46.6 Å². The maximum absolute atomic E-state index is 13.2. The Labute approximate surface area is 148 Å². The maximum Gasteiger partial charge on any atom is 0.264 e. The van der Waals surface area contributed by atoms with Gasteiger partial charge in [-0.1, -0.05) is 36.4 Å². The quantitative estimate of drug-likeness (QED) is 0.656. The number of fused-ring (bicyclic) bond motifs is 1. The summed E-state index contributed by atoms with van der Waals surface area (Å²) >= 11 is 0. The van der Waals surface area contributed by atoms with E-state index in [1.165, 1.54) is 4.31 Å². The van der Waals surface area contributed by atoms with Crippen LogP contribution in [-0.4, -0.2) is 21.6 Å². The van der Waals surface area contributed by atoms with Crippen LogP contribution in [0.25, 0.3) is 10.8 Å². The lowest BCUT2D eigenvalue weighted by Gasteiger charge is -2.23. The Morgan fingerprint density at radius 3 is 2.36 bits per heavy atom. The monoisotopic (exact) mass is 355 g/mol. The number of benzene rings is 3. The Bertz CT molecular complexity index is 983. The first-order valence-electron chi connectivity index (χ1n) is 8.30. The molecule has 0 amide bonds. The van der Waals surface area contributed by atoms with Gasteiger partial charge < -0.3 is 4.74 Å². The van der Waals surface area contributed by atoms with E-state index in [9.17, 15) is 8.42 Å². The molecule has 0 aliphatic heterocycles. The van der Waals surface area contributed by atoms with Gasteiger partial charge in [-0.15, -0.1) is 0 Å². The zero-order valence-electron chi connectivity index (χ0n) is 14.3. The number of nitrogens with zero attached hydrogens (tertiary/aromatic N) is 1. The Kier molecular flexibility index (Phi) is 4.95. The first kappa shape index (κ1) is 17.3. The van der Waals surface area contributed by atoms with Gasteiger partial charge in [-0.25, -0.2) is 8.42 Å². The number of hydrogen-bond acceptors (Lipinski definition) is 3. The van der Waals surface area contributed by atoms with Crippen LogP contribution in [0.3, 0.4) is 0 Å². The highest BCUT2D eigenvalue weighted by atomic mass is 32.2. The van der Waals surface area contributed by atoms with Gasteiger partial charge in [-0.2, -0.15) is 0 Å². The molecule has 0 aromatic heterocycles. The van der Waals surface area contributed by atoms with Crippen LogP contribution in [0.15, 0.2) is 71.6 Å². The van der Waals surface area contributed by atoms with E-state index < -0.39 is 10.0 Å². The minimum absolute atomic E-state index is 0.287. The van der Waals surface area contributed by atoms with Gasteiger partial charge in [0.05, 0.1) is 17.2 Å². The van der Waals surface area contributed by atoms with Gasteiger partial charge in [0.25, 0.3) is 10.0 Å². The first-order chi connectivity index (χ1) is 12.1. The molecule has 0 N–H and O–H groups in total. The van der Waals surface area contributed by atoms with Crippen molar-refractivity contribution in [3.05, 3.63) is 66.7 Å². The fourth-order valence-corrected chi connectivity index (χ4v) is 4.34. The number of anilines is 1. The highest BCUT2D eigenvalue weighted by molar-refractivity contribution is 7.92. The van der Waals surface area contributed by atoms with E-state index in [0.29, 0.717) is 24.6 Å². The summed E-state index contributed by atoms with van der Waals surface area (Å²) < 4.78 is 33.2. The summed E-state index contributed by atoms with van der Waals surface area (Å²) in [5.41, 5.74) is 0.599. The molecule has 0 radical (unpaired) electrons. The molecule has 3 aromatic rings. The van der Waals surface area contributed by atoms with Crippen molar-refractivity contribution in [2.75, 3.05) is 17.5 Å². The van der Waals surface area contributed by atoms with E-state index in [1.807, 2.05) is 50.2 Å². The van der Waals surface area contributed by atoms with E-state index >= 15 is 0 Å². The Balaban J connectivity index is 2.04. The molecule has 3 aromatic carbocycles. The highest BCUT2D eigenvalue weighted by Crippen LogP contribution is 2.28. The number of sulfonamides is 1. The molecular weight excluding hydrogens is 334 g/mol. The summed E-state index contributed by atoms with van der Waals surface area (Å²) in [7, 11) is -3.65. The number of rotatable bonds is 6. The van der Waals surface area contributed by atoms with E-state index in [1.54, 1.807) is 30.3 Å². The van der Waals surface area contributed by atoms with Gasteiger partial charge >= 0.3 is 0 Å². The molecule has 130 valence electrons. The summed E-state index contributed by atoms with van der Waals surface area (Å²) in [4.78, 5) is 0.287. The average molecular weight is 355 g/mol. The van der Waals surface area contributed by atoms with Crippen LogP contribution in [0.2, 0.25) is 0 Å². The number of hydrogen-bond donors (Lipinski definition) is 0. The lowest BCUT2D eigenvalue weighted by Crippen LogP contribution is -2.30. The van der Waals surface area contributed by atoms with Crippen molar-refractivity contribution in [3.63, 3.8) is 0 Å². The SMILES string of the molecule is CCOc1cccc(N(CC)S(=O)(=O)c2ccc3ccccc3c2)c1. The van der Waals surface area contributed by atoms with Crippen molar-refractivity contribution in [3.8, 4) is 5.75 Å². The molecule has 0 saturated heterocycles. The third kappa shape index (κ3) is 3.46. The van der Waals surface area contributed by atoms with Gasteiger partial charge in [0, 0.05) is 12.6 Å². The van der Waals surface area contributed by atoms with Crippen LogP contribution < -0.4 is 9.04 Å². The fourth-order valence-electron chi connectivity index (χ4n) is 2.84. The van der Waals surface area contributed by atoms with Gasteiger partial charge in [0.15, 0.2) is 0 Å². The van der Waals surface area contributed by atoms with Crippen LogP contribution in [0.4, 0.5) is 5.69 Å². The summed E-state index contributed by atoms with van der Waals surface area (Å²) in [6.07, 6.45) is 0. The van der Waals surface area contributed by atoms with Crippen LogP contribution in [0, 0.1) is 0 Å². The molecule has 0 atom stereocenters. The Morgan fingerprint density at radius 1 is 0.880 bits per heavy atom. The second-order valence-electron chi connectivity index (χ2n) is 5.61. The van der Waals surface area contributed by atoms with Gasteiger partial charge in [0.1, 0.15) is 5.75 Å². The van der Waals surface area contributed by atoms with Crippen LogP contribution in [0.1, 0.15) is 13.8 Å². The van der Waals surface area contributed by atoms with Gasteiger partial charge in [0.2, 0.25) is 0 Å². The predicted octanol–water partition coefficient (Wildman–Crippen LogP) is 4.45. The minimum Gasteiger partial charge on any atom is -0.494 e. The predicted molar refractivity (Wildman–Crippen MR) is 102 cm³/mol. The molecule has 0 heterocycles. The molecule has 0 unspecified atom stereocenters. The van der Waals surface area contributed by atoms with Gasteiger partial charge in [-0.05, 0) is 48.9 Å². The van der Waals surface area contributed by atoms with Crippen molar-refractivity contribution in [1.82, 2.24) is 0 Å². The molecule has 0 aliphatic carbocycles. The normalized spacial score (nSPS) is 11.4. The zero-order chi connectivity index (χ0) is 17.9. The summed E-state index contributed by atoms with van der Waals surface area (Å²) in [5.74, 6) is 0.659. The molecule has 5 heteroatoms. The first-order valence-corrected chi connectivity index (χ1v) is 9.74.